The summed E-state index contributed by atoms with van der Waals surface area (Å²) in [5, 5.41) is 53.8. The number of rotatable bonds is 45. The molecule has 7 atom stereocenters. The highest BCUT2D eigenvalue weighted by Crippen LogP contribution is 2.23. The Morgan fingerprint density at radius 1 is 0.548 bits per heavy atom. The number of allylic oxidation sites excluding steroid dienone is 4. The maximum absolute atomic E-state index is 12.9. The van der Waals surface area contributed by atoms with Crippen molar-refractivity contribution in [2.75, 3.05) is 13.2 Å². The lowest BCUT2D eigenvalue weighted by molar-refractivity contribution is -0.302. The highest BCUT2D eigenvalue weighted by molar-refractivity contribution is 5.76. The van der Waals surface area contributed by atoms with E-state index >= 15 is 0 Å². The molecule has 1 saturated heterocycles. The Bertz CT molecular complexity index is 1020. The second kappa shape index (κ2) is 43.6. The van der Waals surface area contributed by atoms with Crippen LogP contribution in [0.1, 0.15) is 251 Å². The van der Waals surface area contributed by atoms with Gasteiger partial charge in [0.1, 0.15) is 24.4 Å². The number of amides is 1. The van der Waals surface area contributed by atoms with Gasteiger partial charge in [-0.3, -0.25) is 4.79 Å². The van der Waals surface area contributed by atoms with E-state index in [9.17, 15) is 30.3 Å². The van der Waals surface area contributed by atoms with E-state index in [2.05, 4.69) is 43.5 Å². The summed E-state index contributed by atoms with van der Waals surface area (Å²) in [6, 6.07) is -0.711. The molecule has 1 amide bonds. The Hall–Kier alpha value is -1.33. The van der Waals surface area contributed by atoms with Crippen LogP contribution >= 0.6 is 0 Å². The Labute approximate surface area is 381 Å². The van der Waals surface area contributed by atoms with Crippen molar-refractivity contribution in [2.24, 2.45) is 0 Å². The van der Waals surface area contributed by atoms with Gasteiger partial charge >= 0.3 is 0 Å². The molecule has 0 aromatic carbocycles. The number of aliphatic hydroxyl groups excluding tert-OH is 5. The highest BCUT2D eigenvalue weighted by Gasteiger charge is 2.44. The van der Waals surface area contributed by atoms with E-state index in [1.54, 1.807) is 0 Å². The predicted molar refractivity (Wildman–Crippen MR) is 258 cm³/mol. The number of hydrogen-bond acceptors (Lipinski definition) is 8. The molecule has 0 spiro atoms. The van der Waals surface area contributed by atoms with Gasteiger partial charge in [0.2, 0.25) is 5.91 Å². The first-order chi connectivity index (χ1) is 30.3. The summed E-state index contributed by atoms with van der Waals surface area (Å²) in [6.07, 6.45) is 47.3. The van der Waals surface area contributed by atoms with Gasteiger partial charge in [-0.1, -0.05) is 224 Å². The molecule has 1 heterocycles. The zero-order valence-electron chi connectivity index (χ0n) is 40.4. The standard InChI is InChI=1S/C53H101NO8/c1-3-5-7-9-10-11-12-13-14-15-16-17-18-19-20-21-22-23-24-25-26-27-28-29-30-31-32-33-34-35-36-37-38-39-41-43-49(57)54-46(47(56)42-40-8-6-4-2)45-61-53-52(60)51(59)50(58)48(44-55)62-53/h12-13,15-16,46-48,50-53,55-56,58-60H,3-11,14,17-45H2,1-2H3,(H,54,57)/b13-12-,16-15-. The van der Waals surface area contributed by atoms with Crippen LogP contribution in [0.4, 0.5) is 0 Å². The minimum Gasteiger partial charge on any atom is -0.394 e. The Morgan fingerprint density at radius 3 is 1.39 bits per heavy atom. The average Bonchev–Trinajstić information content (AvgIpc) is 3.27. The highest BCUT2D eigenvalue weighted by atomic mass is 16.7. The summed E-state index contributed by atoms with van der Waals surface area (Å²) < 4.78 is 11.1. The fourth-order valence-electron chi connectivity index (χ4n) is 8.55. The van der Waals surface area contributed by atoms with Gasteiger partial charge in [-0.15, -0.1) is 0 Å². The second-order valence-corrected chi connectivity index (χ2v) is 18.7. The van der Waals surface area contributed by atoms with Crippen molar-refractivity contribution in [1.82, 2.24) is 5.32 Å². The van der Waals surface area contributed by atoms with Gasteiger partial charge in [-0.05, 0) is 44.9 Å². The number of ether oxygens (including phenoxy) is 2. The normalized spacial score (nSPS) is 20.4. The zero-order chi connectivity index (χ0) is 45.1. The topological polar surface area (TPSA) is 149 Å². The number of nitrogens with one attached hydrogen (secondary N) is 1. The SMILES string of the molecule is CCCCCCC/C=C\C/C=C\CCCCCCCCCCCCCCCCCCCCCCCCCC(=O)NC(COC1OC(CO)C(O)C(O)C1O)C(O)CCCCCC. The van der Waals surface area contributed by atoms with E-state index in [-0.39, 0.29) is 12.5 Å². The molecule has 6 N–H and O–H groups in total. The zero-order valence-corrected chi connectivity index (χ0v) is 40.4. The average molecular weight is 880 g/mol. The number of carbonyl (C=O) groups is 1. The minimum atomic E-state index is -1.55. The molecular weight excluding hydrogens is 779 g/mol. The van der Waals surface area contributed by atoms with Gasteiger partial charge in [-0.2, -0.15) is 0 Å². The number of aliphatic hydroxyl groups is 5. The summed E-state index contributed by atoms with van der Waals surface area (Å²) in [5.41, 5.74) is 0. The minimum absolute atomic E-state index is 0.138. The third-order valence-corrected chi connectivity index (χ3v) is 12.8. The predicted octanol–water partition coefficient (Wildman–Crippen LogP) is 12.2. The van der Waals surface area contributed by atoms with Crippen molar-refractivity contribution in [3.05, 3.63) is 24.3 Å². The second-order valence-electron chi connectivity index (χ2n) is 18.7. The van der Waals surface area contributed by atoms with Crippen LogP contribution in [0, 0.1) is 0 Å². The van der Waals surface area contributed by atoms with Crippen molar-refractivity contribution in [1.29, 1.82) is 0 Å². The molecule has 9 heteroatoms. The molecule has 1 rings (SSSR count). The quantitative estimate of drug-likeness (QED) is 0.0262. The van der Waals surface area contributed by atoms with Crippen LogP contribution in [-0.2, 0) is 14.3 Å². The number of hydrogen-bond donors (Lipinski definition) is 6. The largest absolute Gasteiger partial charge is 0.394 e. The molecule has 0 bridgehead atoms. The molecular formula is C53H101NO8. The van der Waals surface area contributed by atoms with Crippen molar-refractivity contribution >= 4 is 5.91 Å². The molecule has 1 fully saturated rings. The Kier molecular flexibility index (Phi) is 41.2. The van der Waals surface area contributed by atoms with Gasteiger partial charge in [0, 0.05) is 6.42 Å². The number of unbranched alkanes of at least 4 members (excludes halogenated alkanes) is 31. The molecule has 1 aliphatic rings. The third-order valence-electron chi connectivity index (χ3n) is 12.8. The lowest BCUT2D eigenvalue weighted by Crippen LogP contribution is -2.60. The van der Waals surface area contributed by atoms with Crippen molar-refractivity contribution in [3.63, 3.8) is 0 Å². The van der Waals surface area contributed by atoms with Crippen molar-refractivity contribution in [3.8, 4) is 0 Å². The smallest absolute Gasteiger partial charge is 0.220 e. The summed E-state index contributed by atoms with van der Waals surface area (Å²) in [5.74, 6) is -0.150. The molecule has 1 aliphatic heterocycles. The molecule has 0 aliphatic carbocycles. The van der Waals surface area contributed by atoms with Crippen LogP contribution in [0.5, 0.6) is 0 Å². The summed E-state index contributed by atoms with van der Waals surface area (Å²) in [6.45, 7) is 3.71. The van der Waals surface area contributed by atoms with Crippen LogP contribution in [0.3, 0.4) is 0 Å². The summed E-state index contributed by atoms with van der Waals surface area (Å²) in [7, 11) is 0. The lowest BCUT2D eigenvalue weighted by atomic mass is 9.99. The van der Waals surface area contributed by atoms with E-state index in [1.165, 1.54) is 173 Å². The van der Waals surface area contributed by atoms with E-state index in [0.29, 0.717) is 12.8 Å². The van der Waals surface area contributed by atoms with Crippen LogP contribution < -0.4 is 5.32 Å². The fourth-order valence-corrected chi connectivity index (χ4v) is 8.55. The van der Waals surface area contributed by atoms with Crippen LogP contribution in [-0.4, -0.2) is 87.5 Å². The first-order valence-corrected chi connectivity index (χ1v) is 26.5. The fraction of sp³-hybridized carbons (Fsp3) is 0.906. The van der Waals surface area contributed by atoms with Gasteiger partial charge in [0.15, 0.2) is 6.29 Å². The summed E-state index contributed by atoms with van der Waals surface area (Å²) >= 11 is 0. The van der Waals surface area contributed by atoms with E-state index in [4.69, 9.17) is 9.47 Å². The van der Waals surface area contributed by atoms with Crippen molar-refractivity contribution < 1.29 is 39.8 Å². The van der Waals surface area contributed by atoms with Gasteiger partial charge in [-0.25, -0.2) is 0 Å². The van der Waals surface area contributed by atoms with Crippen molar-refractivity contribution in [2.45, 2.75) is 294 Å². The van der Waals surface area contributed by atoms with Gasteiger partial charge in [0.05, 0.1) is 25.4 Å². The van der Waals surface area contributed by atoms with Gasteiger partial charge < -0.3 is 40.3 Å². The van der Waals surface area contributed by atoms with E-state index < -0.39 is 49.5 Å². The molecule has 9 nitrogen and oxygen atoms in total. The molecule has 0 saturated carbocycles. The molecule has 0 aromatic heterocycles. The van der Waals surface area contributed by atoms with E-state index in [1.807, 2.05) is 0 Å². The van der Waals surface area contributed by atoms with Crippen LogP contribution in [0.15, 0.2) is 24.3 Å². The summed E-state index contributed by atoms with van der Waals surface area (Å²) in [4.78, 5) is 12.9. The van der Waals surface area contributed by atoms with Crippen LogP contribution in [0.25, 0.3) is 0 Å². The Balaban J connectivity index is 1.94. The maximum Gasteiger partial charge on any atom is 0.220 e. The molecule has 366 valence electrons. The van der Waals surface area contributed by atoms with Gasteiger partial charge in [0.25, 0.3) is 0 Å². The van der Waals surface area contributed by atoms with Crippen LogP contribution in [0.2, 0.25) is 0 Å². The molecule has 62 heavy (non-hydrogen) atoms. The third kappa shape index (κ3) is 33.2. The Morgan fingerprint density at radius 2 is 0.952 bits per heavy atom. The first kappa shape index (κ1) is 58.7. The lowest BCUT2D eigenvalue weighted by Gasteiger charge is -2.40. The number of carbonyl (C=O) groups excluding carboxylic acids is 1. The molecule has 7 unspecified atom stereocenters. The first-order valence-electron chi connectivity index (χ1n) is 26.5. The van der Waals surface area contributed by atoms with E-state index in [0.717, 1.165) is 51.4 Å². The molecule has 0 aromatic rings. The monoisotopic (exact) mass is 880 g/mol. The maximum atomic E-state index is 12.9. The molecule has 0 radical (unpaired) electrons.